The van der Waals surface area contributed by atoms with Gasteiger partial charge < -0.3 is 15.3 Å². The summed E-state index contributed by atoms with van der Waals surface area (Å²) < 4.78 is 0. The summed E-state index contributed by atoms with van der Waals surface area (Å²) in [5.74, 6) is -0.721. The van der Waals surface area contributed by atoms with Crippen molar-refractivity contribution in [1.82, 2.24) is 4.98 Å². The van der Waals surface area contributed by atoms with E-state index in [-0.39, 0.29) is 17.9 Å². The standard InChI is InChI=1S/C10H13NO4S/c1-6-2-7(10(14)15)3-9(11-6)16-5-8(13)4-12/h2-3,8,12-13H,4-5H2,1H3,(H,14,15). The number of hydrogen-bond donors (Lipinski definition) is 3. The minimum absolute atomic E-state index is 0.175. The predicted molar refractivity (Wildman–Crippen MR) is 59.7 cm³/mol. The van der Waals surface area contributed by atoms with E-state index in [0.29, 0.717) is 10.7 Å². The molecule has 0 radical (unpaired) electrons. The summed E-state index contributed by atoms with van der Waals surface area (Å²) >= 11 is 1.21. The Labute approximate surface area is 97.1 Å². The van der Waals surface area contributed by atoms with Gasteiger partial charge in [-0.1, -0.05) is 0 Å². The first-order chi connectivity index (χ1) is 7.52. The van der Waals surface area contributed by atoms with E-state index >= 15 is 0 Å². The quantitative estimate of drug-likeness (QED) is 0.654. The van der Waals surface area contributed by atoms with Crippen molar-refractivity contribution in [3.05, 3.63) is 23.4 Å². The average Bonchev–Trinajstić information content (AvgIpc) is 2.25. The maximum absolute atomic E-state index is 10.8. The fourth-order valence-corrected chi connectivity index (χ4v) is 1.96. The van der Waals surface area contributed by atoms with Crippen LogP contribution in [0.1, 0.15) is 16.1 Å². The van der Waals surface area contributed by atoms with E-state index in [4.69, 9.17) is 15.3 Å². The van der Waals surface area contributed by atoms with Gasteiger partial charge in [0.15, 0.2) is 0 Å². The zero-order chi connectivity index (χ0) is 12.1. The van der Waals surface area contributed by atoms with E-state index in [2.05, 4.69) is 4.98 Å². The fourth-order valence-electron chi connectivity index (χ4n) is 1.07. The van der Waals surface area contributed by atoms with E-state index in [1.54, 1.807) is 6.92 Å². The second kappa shape index (κ2) is 5.83. The topological polar surface area (TPSA) is 90.7 Å². The van der Waals surface area contributed by atoms with Gasteiger partial charge in [-0.05, 0) is 19.1 Å². The monoisotopic (exact) mass is 243 g/mol. The molecular formula is C10H13NO4S. The zero-order valence-corrected chi connectivity index (χ0v) is 9.57. The van der Waals surface area contributed by atoms with E-state index in [9.17, 15) is 4.79 Å². The molecule has 0 spiro atoms. The molecule has 0 amide bonds. The lowest BCUT2D eigenvalue weighted by Crippen LogP contribution is -2.14. The smallest absolute Gasteiger partial charge is 0.335 e. The molecule has 1 unspecified atom stereocenters. The Kier molecular flexibility index (Phi) is 4.72. The Morgan fingerprint density at radius 2 is 2.25 bits per heavy atom. The summed E-state index contributed by atoms with van der Waals surface area (Å²) in [6.45, 7) is 1.39. The lowest BCUT2D eigenvalue weighted by Gasteiger charge is -2.07. The molecule has 0 fully saturated rings. The number of aliphatic hydroxyl groups is 2. The predicted octanol–water partition coefficient (Wildman–Crippen LogP) is 0.534. The minimum atomic E-state index is -1.00. The SMILES string of the molecule is Cc1cc(C(=O)O)cc(SCC(O)CO)n1. The van der Waals surface area contributed by atoms with Crippen LogP contribution in [0.5, 0.6) is 0 Å². The molecule has 88 valence electrons. The highest BCUT2D eigenvalue weighted by atomic mass is 32.2. The number of aryl methyl sites for hydroxylation is 1. The maximum atomic E-state index is 10.8. The van der Waals surface area contributed by atoms with Crippen LogP contribution in [0.3, 0.4) is 0 Å². The minimum Gasteiger partial charge on any atom is -0.478 e. The first-order valence-corrected chi connectivity index (χ1v) is 5.65. The van der Waals surface area contributed by atoms with Crippen molar-refractivity contribution in [2.24, 2.45) is 0 Å². The number of carboxylic acid groups (broad SMARTS) is 1. The summed E-state index contributed by atoms with van der Waals surface area (Å²) in [6, 6.07) is 2.93. The molecule has 1 rings (SSSR count). The van der Waals surface area contributed by atoms with Crippen molar-refractivity contribution in [3.63, 3.8) is 0 Å². The van der Waals surface area contributed by atoms with Gasteiger partial charge in [0.2, 0.25) is 0 Å². The molecule has 0 aromatic carbocycles. The zero-order valence-electron chi connectivity index (χ0n) is 8.75. The van der Waals surface area contributed by atoms with E-state index in [1.807, 2.05) is 0 Å². The number of nitrogens with zero attached hydrogens (tertiary/aromatic N) is 1. The van der Waals surface area contributed by atoms with Crippen LogP contribution in [0.2, 0.25) is 0 Å². The first kappa shape index (κ1) is 13.0. The lowest BCUT2D eigenvalue weighted by atomic mass is 10.2. The van der Waals surface area contributed by atoms with Crippen LogP contribution in [-0.4, -0.2) is 44.7 Å². The van der Waals surface area contributed by atoms with Gasteiger partial charge in [-0.25, -0.2) is 9.78 Å². The fraction of sp³-hybridized carbons (Fsp3) is 0.400. The third-order valence-corrected chi connectivity index (χ3v) is 2.87. The second-order valence-electron chi connectivity index (χ2n) is 3.29. The van der Waals surface area contributed by atoms with Gasteiger partial charge in [0.25, 0.3) is 0 Å². The van der Waals surface area contributed by atoms with Crippen molar-refractivity contribution in [1.29, 1.82) is 0 Å². The van der Waals surface area contributed by atoms with Gasteiger partial charge in [-0.2, -0.15) is 0 Å². The molecule has 1 atom stereocenters. The molecule has 1 aromatic heterocycles. The van der Waals surface area contributed by atoms with Gasteiger partial charge >= 0.3 is 5.97 Å². The van der Waals surface area contributed by atoms with Gasteiger partial charge in [-0.15, -0.1) is 11.8 Å². The van der Waals surface area contributed by atoms with Crippen molar-refractivity contribution in [2.45, 2.75) is 18.1 Å². The molecule has 0 saturated heterocycles. The van der Waals surface area contributed by atoms with Crippen LogP contribution in [0.15, 0.2) is 17.2 Å². The van der Waals surface area contributed by atoms with Crippen molar-refractivity contribution < 1.29 is 20.1 Å². The number of rotatable bonds is 5. The Hall–Kier alpha value is -1.11. The third-order valence-electron chi connectivity index (χ3n) is 1.81. The number of hydrogen-bond acceptors (Lipinski definition) is 5. The second-order valence-corrected chi connectivity index (χ2v) is 4.33. The van der Waals surface area contributed by atoms with Crippen molar-refractivity contribution in [3.8, 4) is 0 Å². The Bertz CT molecular complexity index is 383. The molecule has 16 heavy (non-hydrogen) atoms. The molecular weight excluding hydrogens is 230 g/mol. The number of carboxylic acids is 1. The van der Waals surface area contributed by atoms with E-state index in [0.717, 1.165) is 0 Å². The van der Waals surface area contributed by atoms with Crippen LogP contribution in [0.4, 0.5) is 0 Å². The van der Waals surface area contributed by atoms with Crippen LogP contribution in [0.25, 0.3) is 0 Å². The number of pyridine rings is 1. The van der Waals surface area contributed by atoms with Crippen LogP contribution in [0, 0.1) is 6.92 Å². The van der Waals surface area contributed by atoms with Crippen LogP contribution < -0.4 is 0 Å². The molecule has 0 bridgehead atoms. The number of aromatic carboxylic acids is 1. The van der Waals surface area contributed by atoms with E-state index in [1.165, 1.54) is 23.9 Å². The summed E-state index contributed by atoms with van der Waals surface area (Å²) in [4.78, 5) is 14.9. The molecule has 0 aliphatic rings. The van der Waals surface area contributed by atoms with Gasteiger partial charge in [0, 0.05) is 11.4 Å². The molecule has 6 heteroatoms. The molecule has 1 heterocycles. The van der Waals surface area contributed by atoms with Gasteiger partial charge in [-0.3, -0.25) is 0 Å². The molecule has 5 nitrogen and oxygen atoms in total. The summed E-state index contributed by atoms with van der Waals surface area (Å²) in [6.07, 6.45) is -0.819. The van der Waals surface area contributed by atoms with Crippen molar-refractivity contribution >= 4 is 17.7 Å². The van der Waals surface area contributed by atoms with Gasteiger partial charge in [0.05, 0.1) is 23.3 Å². The normalized spacial score (nSPS) is 12.4. The van der Waals surface area contributed by atoms with Crippen molar-refractivity contribution in [2.75, 3.05) is 12.4 Å². The number of aliphatic hydroxyl groups excluding tert-OH is 2. The maximum Gasteiger partial charge on any atom is 0.335 e. The lowest BCUT2D eigenvalue weighted by molar-refractivity contribution is 0.0696. The van der Waals surface area contributed by atoms with Gasteiger partial charge in [0.1, 0.15) is 0 Å². The Morgan fingerprint density at radius 1 is 1.56 bits per heavy atom. The average molecular weight is 243 g/mol. The van der Waals surface area contributed by atoms with Crippen LogP contribution in [-0.2, 0) is 0 Å². The summed E-state index contributed by atoms with van der Waals surface area (Å²) in [7, 11) is 0. The van der Waals surface area contributed by atoms with Crippen LogP contribution >= 0.6 is 11.8 Å². The highest BCUT2D eigenvalue weighted by Gasteiger charge is 2.09. The third kappa shape index (κ3) is 3.80. The van der Waals surface area contributed by atoms with E-state index < -0.39 is 12.1 Å². The number of carbonyl (C=O) groups is 1. The number of aromatic nitrogens is 1. The Morgan fingerprint density at radius 3 is 2.81 bits per heavy atom. The number of thioether (sulfide) groups is 1. The molecule has 0 aliphatic heterocycles. The molecule has 3 N–H and O–H groups in total. The highest BCUT2D eigenvalue weighted by Crippen LogP contribution is 2.18. The molecule has 0 aliphatic carbocycles. The largest absolute Gasteiger partial charge is 0.478 e. The summed E-state index contributed by atoms with van der Waals surface area (Å²) in [5, 5.41) is 27.1. The summed E-state index contributed by atoms with van der Waals surface area (Å²) in [5.41, 5.74) is 0.786. The highest BCUT2D eigenvalue weighted by molar-refractivity contribution is 7.99. The first-order valence-electron chi connectivity index (χ1n) is 4.66. The Balaban J connectivity index is 2.76. The molecule has 0 saturated carbocycles. The molecule has 1 aromatic rings.